The average Bonchev–Trinajstić information content (AvgIpc) is 3.22. The molecule has 3 N–H and O–H groups in total. The summed E-state index contributed by atoms with van der Waals surface area (Å²) in [6.45, 7) is 4.03. The molecule has 3 aromatic heterocycles. The van der Waals surface area contributed by atoms with E-state index in [2.05, 4.69) is 38.3 Å². The Morgan fingerprint density at radius 3 is 2.73 bits per heavy atom. The van der Waals surface area contributed by atoms with Gasteiger partial charge >= 0.3 is 0 Å². The van der Waals surface area contributed by atoms with Gasteiger partial charge in [0.05, 0.1) is 23.4 Å². The van der Waals surface area contributed by atoms with Gasteiger partial charge in [-0.2, -0.15) is 5.10 Å². The maximum absolute atomic E-state index is 13.1. The molecule has 0 radical (unpaired) electrons. The number of hydrogen-bond donors (Lipinski definition) is 2. The van der Waals surface area contributed by atoms with Crippen molar-refractivity contribution < 1.29 is 27.8 Å². The molecule has 3 aromatic rings. The highest BCUT2D eigenvalue weighted by Crippen LogP contribution is 2.45. The molecule has 0 unspecified atom stereocenters. The molecule has 0 aromatic carbocycles. The molecular weight excluding hydrogens is 552 g/mol. The van der Waals surface area contributed by atoms with Crippen molar-refractivity contribution in [2.24, 2.45) is 11.1 Å². The van der Waals surface area contributed by atoms with Crippen molar-refractivity contribution in [2.45, 2.75) is 58.1 Å². The minimum atomic E-state index is -2.98. The number of nitrogens with one attached hydrogen (secondary N) is 1. The maximum atomic E-state index is 13.1. The van der Waals surface area contributed by atoms with Crippen molar-refractivity contribution in [1.29, 1.82) is 0 Å². The molecule has 3 heterocycles. The van der Waals surface area contributed by atoms with E-state index >= 15 is 0 Å². The number of primary amides is 1. The number of nitrogens with zero attached hydrogens (tertiary/aromatic N) is 3. The lowest BCUT2D eigenvalue weighted by Crippen LogP contribution is -2.50. The Labute approximate surface area is 220 Å². The quantitative estimate of drug-likeness (QED) is 0.344. The van der Waals surface area contributed by atoms with Crippen molar-refractivity contribution in [1.82, 2.24) is 19.9 Å². The van der Waals surface area contributed by atoms with Crippen LogP contribution in [0.5, 0.6) is 11.6 Å². The molecule has 9 nitrogen and oxygen atoms in total. The number of nitrogens with two attached hydrogens (primary N) is 1. The van der Waals surface area contributed by atoms with Gasteiger partial charge in [-0.15, -0.1) is 0 Å². The number of aromatic nitrogens is 3. The van der Waals surface area contributed by atoms with Crippen LogP contribution in [0.3, 0.4) is 0 Å². The highest BCUT2D eigenvalue weighted by atomic mass is 79.9. The highest BCUT2D eigenvalue weighted by molar-refractivity contribution is 9.10. The van der Waals surface area contributed by atoms with Gasteiger partial charge in [0.25, 0.3) is 17.7 Å². The molecule has 37 heavy (non-hydrogen) atoms. The third-order valence-corrected chi connectivity index (χ3v) is 6.98. The molecule has 1 saturated carbocycles. The fraction of sp³-hybridized carbons (Fsp3) is 0.440. The SMILES string of the molecule is C[C@@H](C[C@]1(C)C[C@@H](NC(=O)c2cnn3c(Br)c(OCC(C)(F)F)ccc23)C1)Oc1ncccc1C(N)=O. The van der Waals surface area contributed by atoms with Crippen LogP contribution in [0.15, 0.2) is 41.3 Å². The predicted molar refractivity (Wildman–Crippen MR) is 135 cm³/mol. The molecule has 12 heteroatoms. The lowest BCUT2D eigenvalue weighted by Gasteiger charge is -2.46. The second kappa shape index (κ2) is 10.2. The van der Waals surface area contributed by atoms with Crippen LogP contribution in [0, 0.1) is 5.41 Å². The Bertz CT molecular complexity index is 1320. The molecule has 2 amide bonds. The fourth-order valence-corrected chi connectivity index (χ4v) is 5.28. The van der Waals surface area contributed by atoms with E-state index in [1.165, 1.54) is 16.8 Å². The molecule has 0 spiro atoms. The summed E-state index contributed by atoms with van der Waals surface area (Å²) in [6, 6.07) is 6.31. The molecule has 198 valence electrons. The van der Waals surface area contributed by atoms with E-state index in [0.29, 0.717) is 22.1 Å². The van der Waals surface area contributed by atoms with Gasteiger partial charge in [0.1, 0.15) is 10.2 Å². The number of halogens is 3. The van der Waals surface area contributed by atoms with Crippen LogP contribution in [0.1, 0.15) is 60.7 Å². The Kier molecular flexibility index (Phi) is 7.40. The Morgan fingerprint density at radius 2 is 2.05 bits per heavy atom. The smallest absolute Gasteiger partial charge is 0.278 e. The van der Waals surface area contributed by atoms with Gasteiger partial charge in [-0.1, -0.05) is 6.92 Å². The number of hydrogen-bond acceptors (Lipinski definition) is 6. The van der Waals surface area contributed by atoms with Gasteiger partial charge in [0, 0.05) is 19.2 Å². The minimum absolute atomic E-state index is 0.0199. The zero-order valence-corrected chi connectivity index (χ0v) is 22.2. The zero-order chi connectivity index (χ0) is 27.0. The minimum Gasteiger partial charge on any atom is -0.484 e. The molecule has 1 fully saturated rings. The Morgan fingerprint density at radius 1 is 1.32 bits per heavy atom. The number of ether oxygens (including phenoxy) is 2. The summed E-state index contributed by atoms with van der Waals surface area (Å²) in [5.74, 6) is -3.43. The van der Waals surface area contributed by atoms with Crippen LogP contribution in [0.4, 0.5) is 8.78 Å². The summed E-state index contributed by atoms with van der Waals surface area (Å²) in [6.07, 6.45) is 4.98. The van der Waals surface area contributed by atoms with Gasteiger partial charge in [-0.05, 0) is 71.8 Å². The summed E-state index contributed by atoms with van der Waals surface area (Å²) < 4.78 is 39.1. The fourth-order valence-electron chi connectivity index (χ4n) is 4.75. The van der Waals surface area contributed by atoms with Crippen LogP contribution >= 0.6 is 15.9 Å². The number of pyridine rings is 2. The van der Waals surface area contributed by atoms with Crippen LogP contribution in [0.2, 0.25) is 0 Å². The first-order chi connectivity index (χ1) is 17.3. The van der Waals surface area contributed by atoms with E-state index in [0.717, 1.165) is 19.8 Å². The predicted octanol–water partition coefficient (Wildman–Crippen LogP) is 4.38. The third-order valence-electron chi connectivity index (χ3n) is 6.26. The summed E-state index contributed by atoms with van der Waals surface area (Å²) >= 11 is 3.32. The number of carbonyl (C=O) groups is 2. The van der Waals surface area contributed by atoms with Gasteiger partial charge in [0.2, 0.25) is 5.88 Å². The molecule has 1 aliphatic rings. The lowest BCUT2D eigenvalue weighted by molar-refractivity contribution is -0.0233. The molecule has 0 bridgehead atoms. The summed E-state index contributed by atoms with van der Waals surface area (Å²) in [5.41, 5.74) is 6.46. The van der Waals surface area contributed by atoms with E-state index in [-0.39, 0.29) is 40.7 Å². The van der Waals surface area contributed by atoms with Gasteiger partial charge in [-0.3, -0.25) is 9.59 Å². The molecule has 1 aliphatic carbocycles. The van der Waals surface area contributed by atoms with E-state index in [1.54, 1.807) is 24.4 Å². The van der Waals surface area contributed by atoms with E-state index in [9.17, 15) is 18.4 Å². The van der Waals surface area contributed by atoms with Crippen molar-refractivity contribution in [2.75, 3.05) is 6.61 Å². The third kappa shape index (κ3) is 6.17. The first-order valence-electron chi connectivity index (χ1n) is 11.7. The van der Waals surface area contributed by atoms with E-state index in [1.807, 2.05) is 6.92 Å². The molecule has 1 atom stereocenters. The molecule has 0 aliphatic heterocycles. The molecule has 4 rings (SSSR count). The van der Waals surface area contributed by atoms with Gasteiger partial charge in [0.15, 0.2) is 12.4 Å². The van der Waals surface area contributed by atoms with E-state index < -0.39 is 18.4 Å². The lowest BCUT2D eigenvalue weighted by atomic mass is 9.64. The highest BCUT2D eigenvalue weighted by Gasteiger charge is 2.42. The van der Waals surface area contributed by atoms with Gasteiger partial charge < -0.3 is 20.5 Å². The van der Waals surface area contributed by atoms with Crippen LogP contribution in [0.25, 0.3) is 5.52 Å². The first kappa shape index (κ1) is 26.8. The van der Waals surface area contributed by atoms with Crippen molar-refractivity contribution in [3.8, 4) is 11.6 Å². The number of amides is 2. The Balaban J connectivity index is 1.34. The summed E-state index contributed by atoms with van der Waals surface area (Å²) in [7, 11) is 0. The van der Waals surface area contributed by atoms with Gasteiger partial charge in [-0.25, -0.2) is 18.3 Å². The molecular formula is C25H28BrF2N5O4. The number of alkyl halides is 2. The molecule has 0 saturated heterocycles. The number of rotatable bonds is 10. The average molecular weight is 580 g/mol. The second-order valence-corrected chi connectivity index (χ2v) is 10.7. The monoisotopic (exact) mass is 579 g/mol. The number of fused-ring (bicyclic) bond motifs is 1. The zero-order valence-electron chi connectivity index (χ0n) is 20.6. The Hall–Kier alpha value is -3.28. The second-order valence-electron chi connectivity index (χ2n) is 9.94. The topological polar surface area (TPSA) is 121 Å². The van der Waals surface area contributed by atoms with Crippen molar-refractivity contribution in [3.05, 3.63) is 52.4 Å². The maximum Gasteiger partial charge on any atom is 0.278 e. The van der Waals surface area contributed by atoms with Crippen LogP contribution in [-0.2, 0) is 0 Å². The van der Waals surface area contributed by atoms with E-state index in [4.69, 9.17) is 15.2 Å². The number of carbonyl (C=O) groups excluding carboxylic acids is 2. The standard InChI is InChI=1S/C25H28BrF2N5O4/c1-14(37-23-16(21(29)34)5-4-8-30-23)9-24(2)10-15(11-24)32-22(35)17-12-31-33-18(17)6-7-19(20(33)26)36-13-25(3,27)28/h4-8,12,14-15H,9-11,13H2,1-3H3,(H2,29,34)(H,32,35)/t14-,15-,24-/m0/s1. The summed E-state index contributed by atoms with van der Waals surface area (Å²) in [4.78, 5) is 28.7. The van der Waals surface area contributed by atoms with Crippen LogP contribution < -0.4 is 20.5 Å². The summed E-state index contributed by atoms with van der Waals surface area (Å²) in [5, 5.41) is 7.25. The first-order valence-corrected chi connectivity index (χ1v) is 12.5. The van der Waals surface area contributed by atoms with Crippen LogP contribution in [-0.4, -0.2) is 51.1 Å². The largest absolute Gasteiger partial charge is 0.484 e. The normalized spacial score (nSPS) is 20.2. The van der Waals surface area contributed by atoms with Crippen molar-refractivity contribution >= 4 is 33.3 Å². The van der Waals surface area contributed by atoms with Crippen molar-refractivity contribution in [3.63, 3.8) is 0 Å².